The van der Waals surface area contributed by atoms with Gasteiger partial charge in [-0.25, -0.2) is 22.8 Å². The van der Waals surface area contributed by atoms with Gasteiger partial charge in [0.1, 0.15) is 24.1 Å². The van der Waals surface area contributed by atoms with Crippen molar-refractivity contribution in [1.29, 1.82) is 0 Å². The number of rotatable bonds is 5. The zero-order valence-corrected chi connectivity index (χ0v) is 26.5. The van der Waals surface area contributed by atoms with Crippen molar-refractivity contribution in [2.75, 3.05) is 30.9 Å². The summed E-state index contributed by atoms with van der Waals surface area (Å²) in [5.41, 5.74) is 2.38. The van der Waals surface area contributed by atoms with Crippen molar-refractivity contribution in [2.24, 2.45) is 4.99 Å². The number of sulfone groups is 1. The second-order valence-corrected chi connectivity index (χ2v) is 13.8. The Morgan fingerprint density at radius 2 is 1.81 bits per heavy atom. The van der Waals surface area contributed by atoms with Gasteiger partial charge in [0.25, 0.3) is 0 Å². The second kappa shape index (κ2) is 11.7. The fourth-order valence-electron chi connectivity index (χ4n) is 5.84. The van der Waals surface area contributed by atoms with E-state index in [1.54, 1.807) is 46.2 Å². The third kappa shape index (κ3) is 5.65. The molecule has 3 aromatic rings. The highest BCUT2D eigenvalue weighted by Gasteiger charge is 2.38. The molecule has 1 aromatic heterocycles. The van der Waals surface area contributed by atoms with Crippen LogP contribution in [0.4, 0.5) is 15.9 Å². The number of para-hydroxylation sites is 1. The highest BCUT2D eigenvalue weighted by atomic mass is 35.5. The van der Waals surface area contributed by atoms with Crippen molar-refractivity contribution < 1.29 is 17.6 Å². The summed E-state index contributed by atoms with van der Waals surface area (Å²) in [7, 11) is -3.65. The number of amides is 1. The molecular weight excluding hydrogens is 589 g/mol. The van der Waals surface area contributed by atoms with Crippen molar-refractivity contribution in [3.8, 4) is 11.3 Å². The molecule has 0 spiro atoms. The third-order valence-corrected chi connectivity index (χ3v) is 9.40. The van der Waals surface area contributed by atoms with Gasteiger partial charge in [0.15, 0.2) is 9.84 Å². The maximum Gasteiger partial charge on any atom is 0.246 e. The van der Waals surface area contributed by atoms with Crippen LogP contribution in [0.3, 0.4) is 0 Å². The molecule has 2 aliphatic heterocycles. The maximum absolute atomic E-state index is 15.0. The first-order valence-electron chi connectivity index (χ1n) is 14.1. The summed E-state index contributed by atoms with van der Waals surface area (Å²) in [6.07, 6.45) is 2.51. The molecule has 5 rings (SSSR count). The molecule has 43 heavy (non-hydrogen) atoms. The van der Waals surface area contributed by atoms with E-state index in [0.717, 1.165) is 5.56 Å². The van der Waals surface area contributed by atoms with Crippen LogP contribution in [-0.4, -0.2) is 73.0 Å². The summed E-state index contributed by atoms with van der Waals surface area (Å²) in [5.74, 6) is 0.441. The first kappa shape index (κ1) is 30.7. The Bertz CT molecular complexity index is 1740. The van der Waals surface area contributed by atoms with Gasteiger partial charge in [-0.1, -0.05) is 56.3 Å². The van der Waals surface area contributed by atoms with Crippen molar-refractivity contribution >= 4 is 44.7 Å². The Kier molecular flexibility index (Phi) is 8.37. The van der Waals surface area contributed by atoms with Gasteiger partial charge in [-0.2, -0.15) is 0 Å². The van der Waals surface area contributed by atoms with Crippen molar-refractivity contribution in [3.63, 3.8) is 0 Å². The molecule has 0 aliphatic carbocycles. The van der Waals surface area contributed by atoms with E-state index < -0.39 is 15.7 Å². The van der Waals surface area contributed by atoms with E-state index >= 15 is 4.39 Å². The number of aliphatic imine (C=N–C) groups is 1. The first-order valence-corrected chi connectivity index (χ1v) is 16.4. The maximum atomic E-state index is 15.0. The number of amidine groups is 1. The zero-order valence-electron chi connectivity index (χ0n) is 24.9. The Labute approximate surface area is 257 Å². The molecule has 0 saturated carbocycles. The van der Waals surface area contributed by atoms with Gasteiger partial charge in [-0.05, 0) is 55.7 Å². The first-order chi connectivity index (χ1) is 20.3. The SMILES string of the molecule is C=CC(=O)N1C[C@H](C)N(C2=NCN(c3c(C(C)C)cccc3S(C)(=O)=O)c3nc(-c4ccccc4F)c(Cl)cc32)C[C@H]1C. The average Bonchev–Trinajstić information content (AvgIpc) is 2.96. The van der Waals surface area contributed by atoms with Crippen LogP contribution in [0.5, 0.6) is 0 Å². The van der Waals surface area contributed by atoms with Crippen molar-refractivity contribution in [3.05, 3.63) is 83.2 Å². The molecule has 2 aliphatic rings. The number of hydrogen-bond donors (Lipinski definition) is 0. The second-order valence-electron chi connectivity index (χ2n) is 11.4. The molecule has 1 saturated heterocycles. The van der Waals surface area contributed by atoms with Gasteiger partial charge < -0.3 is 14.7 Å². The summed E-state index contributed by atoms with van der Waals surface area (Å²) < 4.78 is 41.2. The molecule has 226 valence electrons. The summed E-state index contributed by atoms with van der Waals surface area (Å²) in [4.78, 5) is 28.3. The summed E-state index contributed by atoms with van der Waals surface area (Å²) in [5, 5.41) is 0.236. The molecule has 2 aromatic carbocycles. The fraction of sp³-hybridized carbons (Fsp3) is 0.344. The zero-order chi connectivity index (χ0) is 31.2. The van der Waals surface area contributed by atoms with E-state index in [-0.39, 0.29) is 51.8 Å². The van der Waals surface area contributed by atoms with E-state index in [1.165, 1.54) is 18.4 Å². The molecule has 0 radical (unpaired) electrons. The number of pyridine rings is 1. The van der Waals surface area contributed by atoms with Gasteiger partial charge in [-0.15, -0.1) is 0 Å². The Balaban J connectivity index is 1.73. The Hall–Kier alpha value is -3.76. The normalized spacial score (nSPS) is 18.9. The molecule has 11 heteroatoms. The summed E-state index contributed by atoms with van der Waals surface area (Å²) in [6, 6.07) is 13.0. The highest BCUT2D eigenvalue weighted by Crippen LogP contribution is 2.43. The molecule has 1 fully saturated rings. The molecule has 3 heterocycles. The van der Waals surface area contributed by atoms with Crippen LogP contribution in [0.15, 0.2) is 71.1 Å². The molecule has 8 nitrogen and oxygen atoms in total. The fourth-order valence-corrected chi connectivity index (χ4v) is 7.00. The van der Waals surface area contributed by atoms with Gasteiger partial charge in [0, 0.05) is 37.0 Å². The Morgan fingerprint density at radius 3 is 2.47 bits per heavy atom. The monoisotopic (exact) mass is 623 g/mol. The Morgan fingerprint density at radius 1 is 1.09 bits per heavy atom. The number of piperazine rings is 1. The third-order valence-electron chi connectivity index (χ3n) is 7.98. The molecule has 1 amide bonds. The van der Waals surface area contributed by atoms with Crippen LogP contribution >= 0.6 is 11.6 Å². The van der Waals surface area contributed by atoms with Crippen molar-refractivity contribution in [1.82, 2.24) is 14.8 Å². The largest absolute Gasteiger partial charge is 0.350 e. The van der Waals surface area contributed by atoms with E-state index in [4.69, 9.17) is 21.6 Å². The van der Waals surface area contributed by atoms with E-state index in [1.807, 2.05) is 33.8 Å². The van der Waals surface area contributed by atoms with Crippen LogP contribution in [0.25, 0.3) is 11.3 Å². The summed E-state index contributed by atoms with van der Waals surface area (Å²) in [6.45, 7) is 12.7. The molecule has 2 atom stereocenters. The lowest BCUT2D eigenvalue weighted by atomic mass is 9.99. The van der Waals surface area contributed by atoms with Crippen LogP contribution in [-0.2, 0) is 14.6 Å². The summed E-state index contributed by atoms with van der Waals surface area (Å²) >= 11 is 6.82. The lowest BCUT2D eigenvalue weighted by Gasteiger charge is -2.46. The molecule has 0 N–H and O–H groups in total. The number of benzene rings is 2. The topological polar surface area (TPSA) is 86.2 Å². The van der Waals surface area contributed by atoms with Crippen LogP contribution in [0.2, 0.25) is 5.02 Å². The number of halogens is 2. The van der Waals surface area contributed by atoms with Crippen LogP contribution in [0.1, 0.15) is 44.7 Å². The van der Waals surface area contributed by atoms with E-state index in [2.05, 4.69) is 11.5 Å². The number of nitrogens with zero attached hydrogens (tertiary/aromatic N) is 5. The minimum absolute atomic E-state index is 0.0137. The van der Waals surface area contributed by atoms with Gasteiger partial charge >= 0.3 is 0 Å². The van der Waals surface area contributed by atoms with Crippen LogP contribution in [0, 0.1) is 5.82 Å². The molecule has 0 unspecified atom stereocenters. The number of carbonyl (C=O) groups excluding carboxylic acids is 1. The van der Waals surface area contributed by atoms with Crippen LogP contribution < -0.4 is 4.90 Å². The lowest BCUT2D eigenvalue weighted by Crippen LogP contribution is -2.59. The smallest absolute Gasteiger partial charge is 0.246 e. The molecule has 0 bridgehead atoms. The number of aromatic nitrogens is 1. The van der Waals surface area contributed by atoms with E-state index in [0.29, 0.717) is 36.0 Å². The predicted molar refractivity (Wildman–Crippen MR) is 169 cm³/mol. The number of carbonyl (C=O) groups is 1. The predicted octanol–water partition coefficient (Wildman–Crippen LogP) is 6.03. The minimum atomic E-state index is -3.65. The lowest BCUT2D eigenvalue weighted by molar-refractivity contribution is -0.130. The van der Waals surface area contributed by atoms with Gasteiger partial charge in [0.2, 0.25) is 5.91 Å². The highest BCUT2D eigenvalue weighted by molar-refractivity contribution is 7.90. The van der Waals surface area contributed by atoms with Gasteiger partial charge in [0.05, 0.1) is 26.9 Å². The number of anilines is 2. The minimum Gasteiger partial charge on any atom is -0.350 e. The number of hydrogen-bond acceptors (Lipinski definition) is 7. The molecular formula is C32H35ClFN5O3S. The van der Waals surface area contributed by atoms with E-state index in [9.17, 15) is 13.2 Å². The number of fused-ring (bicyclic) bond motifs is 1. The average molecular weight is 624 g/mol. The quantitative estimate of drug-likeness (QED) is 0.323. The van der Waals surface area contributed by atoms with Gasteiger partial charge in [-0.3, -0.25) is 4.79 Å². The standard InChI is InChI=1S/C32H35ClFN5O3S/c1-7-28(40)37-16-21(5)38(17-20(37)4)31-24-15-25(33)29(23-11-8-9-13-26(23)34)36-32(24)39(18-35-31)30-22(19(2)3)12-10-14-27(30)43(6,41)42/h7-15,19-21H,1,16-18H2,2-6H3/t20-,21+/m1/s1. The van der Waals surface area contributed by atoms with Crippen molar-refractivity contribution in [2.45, 2.75) is 50.6 Å².